The summed E-state index contributed by atoms with van der Waals surface area (Å²) in [5.74, 6) is 0.713. The minimum absolute atomic E-state index is 0.553. The molecule has 1 aromatic carbocycles. The molecule has 0 aliphatic rings. The van der Waals surface area contributed by atoms with Crippen LogP contribution in [0.15, 0.2) is 59.3 Å². The second-order valence-electron chi connectivity index (χ2n) is 4.24. The number of hydrogen-bond acceptors (Lipinski definition) is 3. The van der Waals surface area contributed by atoms with Crippen molar-refractivity contribution in [1.82, 2.24) is 15.0 Å². The fourth-order valence-electron chi connectivity index (χ4n) is 1.91. The van der Waals surface area contributed by atoms with E-state index in [9.17, 15) is 0 Å². The van der Waals surface area contributed by atoms with E-state index in [0.717, 1.165) is 21.3 Å². The van der Waals surface area contributed by atoms with Crippen LogP contribution in [0.5, 0.6) is 0 Å². The third kappa shape index (κ3) is 2.84. The topological polar surface area (TPSA) is 41.6 Å². The predicted molar refractivity (Wildman–Crippen MR) is 85.8 cm³/mol. The van der Waals surface area contributed by atoms with Crippen LogP contribution in [0, 0.1) is 4.64 Å². The maximum Gasteiger partial charge on any atom is 0.140 e. The summed E-state index contributed by atoms with van der Waals surface area (Å²) < 4.78 is 1.46. The van der Waals surface area contributed by atoms with E-state index in [-0.39, 0.29) is 0 Å². The first-order chi connectivity index (χ1) is 9.72. The van der Waals surface area contributed by atoms with Gasteiger partial charge in [-0.3, -0.25) is 4.98 Å². The lowest BCUT2D eigenvalue weighted by Gasteiger charge is -2.06. The summed E-state index contributed by atoms with van der Waals surface area (Å²) in [5.41, 5.74) is 2.91. The molecule has 0 saturated heterocycles. The number of pyridine rings is 1. The Morgan fingerprint density at radius 1 is 1.00 bits per heavy atom. The SMILES string of the molecule is S=c1cc(-c2ccccc2)[nH]c(-c2cncc(Br)c2)n1. The molecule has 1 N–H and O–H groups in total. The van der Waals surface area contributed by atoms with Crippen LogP contribution in [-0.4, -0.2) is 15.0 Å². The van der Waals surface area contributed by atoms with Crippen LogP contribution in [-0.2, 0) is 0 Å². The lowest BCUT2D eigenvalue weighted by atomic mass is 10.1. The van der Waals surface area contributed by atoms with E-state index in [2.05, 4.69) is 30.9 Å². The number of rotatable bonds is 2. The van der Waals surface area contributed by atoms with Gasteiger partial charge in [0.05, 0.1) is 0 Å². The average molecular weight is 344 g/mol. The van der Waals surface area contributed by atoms with Crippen LogP contribution in [0.25, 0.3) is 22.6 Å². The fourth-order valence-corrected chi connectivity index (χ4v) is 2.48. The van der Waals surface area contributed by atoms with Crippen LogP contribution >= 0.6 is 28.1 Å². The molecule has 98 valence electrons. The van der Waals surface area contributed by atoms with Gasteiger partial charge in [-0.2, -0.15) is 0 Å². The number of nitrogens with one attached hydrogen (secondary N) is 1. The molecule has 2 heterocycles. The summed E-state index contributed by atoms with van der Waals surface area (Å²) in [6.45, 7) is 0. The zero-order chi connectivity index (χ0) is 13.9. The number of benzene rings is 1. The van der Waals surface area contributed by atoms with Crippen LogP contribution in [0.3, 0.4) is 0 Å². The minimum Gasteiger partial charge on any atom is -0.339 e. The molecular weight excluding hydrogens is 334 g/mol. The Labute approximate surface area is 129 Å². The maximum absolute atomic E-state index is 5.26. The Morgan fingerprint density at radius 3 is 2.55 bits per heavy atom. The van der Waals surface area contributed by atoms with Crippen molar-refractivity contribution in [3.63, 3.8) is 0 Å². The van der Waals surface area contributed by atoms with Crippen molar-refractivity contribution in [3.8, 4) is 22.6 Å². The van der Waals surface area contributed by atoms with Crippen molar-refractivity contribution in [2.75, 3.05) is 0 Å². The number of nitrogens with zero attached hydrogens (tertiary/aromatic N) is 2. The molecule has 0 spiro atoms. The molecule has 0 amide bonds. The van der Waals surface area contributed by atoms with Gasteiger partial charge in [-0.1, -0.05) is 42.5 Å². The molecule has 5 heteroatoms. The second-order valence-corrected chi connectivity index (χ2v) is 5.57. The van der Waals surface area contributed by atoms with Gasteiger partial charge in [0.1, 0.15) is 10.5 Å². The Hall–Kier alpha value is -1.85. The first kappa shape index (κ1) is 13.1. The summed E-state index contributed by atoms with van der Waals surface area (Å²) in [7, 11) is 0. The zero-order valence-corrected chi connectivity index (χ0v) is 12.8. The van der Waals surface area contributed by atoms with Crippen molar-refractivity contribution < 1.29 is 0 Å². The minimum atomic E-state index is 0.553. The Kier molecular flexibility index (Phi) is 3.71. The van der Waals surface area contributed by atoms with Gasteiger partial charge in [0.25, 0.3) is 0 Å². The molecular formula is C15H10BrN3S. The van der Waals surface area contributed by atoms with Crippen LogP contribution in [0.1, 0.15) is 0 Å². The van der Waals surface area contributed by atoms with Crippen molar-refractivity contribution in [3.05, 3.63) is 64.0 Å². The standard InChI is InChI=1S/C15H10BrN3S/c16-12-6-11(8-17-9-12)15-18-13(7-14(20)19-15)10-4-2-1-3-5-10/h1-9H,(H,18,19,20). The van der Waals surface area contributed by atoms with E-state index in [1.807, 2.05) is 42.5 Å². The Bertz CT molecular complexity index is 799. The van der Waals surface area contributed by atoms with Crippen molar-refractivity contribution >= 4 is 28.1 Å². The van der Waals surface area contributed by atoms with Gasteiger partial charge < -0.3 is 4.98 Å². The van der Waals surface area contributed by atoms with Crippen molar-refractivity contribution in [1.29, 1.82) is 0 Å². The highest BCUT2D eigenvalue weighted by Gasteiger charge is 2.05. The highest BCUT2D eigenvalue weighted by Crippen LogP contribution is 2.22. The Balaban J connectivity index is 2.15. The average Bonchev–Trinajstić information content (AvgIpc) is 2.47. The molecule has 3 nitrogen and oxygen atoms in total. The van der Waals surface area contributed by atoms with Crippen LogP contribution in [0.2, 0.25) is 0 Å². The second kappa shape index (κ2) is 5.64. The van der Waals surface area contributed by atoms with Gasteiger partial charge in [-0.25, -0.2) is 4.98 Å². The van der Waals surface area contributed by atoms with E-state index < -0.39 is 0 Å². The third-order valence-corrected chi connectivity index (χ3v) is 3.45. The Morgan fingerprint density at radius 2 is 1.80 bits per heavy atom. The quantitative estimate of drug-likeness (QED) is 0.689. The molecule has 0 aliphatic carbocycles. The number of hydrogen-bond donors (Lipinski definition) is 1. The summed E-state index contributed by atoms with van der Waals surface area (Å²) in [5, 5.41) is 0. The van der Waals surface area contributed by atoms with E-state index in [1.54, 1.807) is 12.4 Å². The summed E-state index contributed by atoms with van der Waals surface area (Å²) in [6.07, 6.45) is 3.49. The van der Waals surface area contributed by atoms with Crippen LogP contribution < -0.4 is 0 Å². The zero-order valence-electron chi connectivity index (χ0n) is 10.4. The number of aromatic amines is 1. The fraction of sp³-hybridized carbons (Fsp3) is 0. The number of aromatic nitrogens is 3. The lowest BCUT2D eigenvalue weighted by molar-refractivity contribution is 1.15. The normalized spacial score (nSPS) is 10.4. The van der Waals surface area contributed by atoms with Gasteiger partial charge in [0, 0.05) is 28.1 Å². The highest BCUT2D eigenvalue weighted by atomic mass is 79.9. The highest BCUT2D eigenvalue weighted by molar-refractivity contribution is 9.10. The van der Waals surface area contributed by atoms with Gasteiger partial charge in [-0.15, -0.1) is 0 Å². The predicted octanol–water partition coefficient (Wildman–Crippen LogP) is 4.63. The van der Waals surface area contributed by atoms with Crippen LogP contribution in [0.4, 0.5) is 0 Å². The number of H-pyrrole nitrogens is 1. The van der Waals surface area contributed by atoms with Gasteiger partial charge in [0.15, 0.2) is 0 Å². The molecule has 0 atom stereocenters. The summed E-state index contributed by atoms with van der Waals surface area (Å²) >= 11 is 8.67. The molecule has 0 fully saturated rings. The molecule has 2 aromatic heterocycles. The van der Waals surface area contributed by atoms with Gasteiger partial charge >= 0.3 is 0 Å². The largest absolute Gasteiger partial charge is 0.339 e. The van der Waals surface area contributed by atoms with E-state index in [4.69, 9.17) is 12.2 Å². The van der Waals surface area contributed by atoms with Crippen molar-refractivity contribution in [2.24, 2.45) is 0 Å². The molecule has 0 saturated carbocycles. The van der Waals surface area contributed by atoms with E-state index in [1.165, 1.54) is 0 Å². The van der Waals surface area contributed by atoms with E-state index in [0.29, 0.717) is 10.5 Å². The molecule has 0 radical (unpaired) electrons. The molecule has 0 unspecified atom stereocenters. The molecule has 20 heavy (non-hydrogen) atoms. The molecule has 0 bridgehead atoms. The first-order valence-corrected chi connectivity index (χ1v) is 7.20. The molecule has 0 aliphatic heterocycles. The first-order valence-electron chi connectivity index (χ1n) is 6.00. The molecule has 3 aromatic rings. The van der Waals surface area contributed by atoms with E-state index >= 15 is 0 Å². The maximum atomic E-state index is 5.26. The van der Waals surface area contributed by atoms with Gasteiger partial charge in [-0.05, 0) is 33.6 Å². The number of halogens is 1. The summed E-state index contributed by atoms with van der Waals surface area (Å²) in [4.78, 5) is 11.8. The monoisotopic (exact) mass is 343 g/mol. The molecule has 3 rings (SSSR count). The summed E-state index contributed by atoms with van der Waals surface area (Å²) in [6, 6.07) is 13.8. The van der Waals surface area contributed by atoms with Crippen molar-refractivity contribution in [2.45, 2.75) is 0 Å². The third-order valence-electron chi connectivity index (χ3n) is 2.81. The van der Waals surface area contributed by atoms with Gasteiger partial charge in [0.2, 0.25) is 0 Å². The smallest absolute Gasteiger partial charge is 0.140 e. The lowest BCUT2D eigenvalue weighted by Crippen LogP contribution is -1.93.